The van der Waals surface area contributed by atoms with E-state index in [2.05, 4.69) is 10.3 Å². The minimum atomic E-state index is -0.379. The molecule has 0 saturated carbocycles. The van der Waals surface area contributed by atoms with Gasteiger partial charge in [0.25, 0.3) is 0 Å². The summed E-state index contributed by atoms with van der Waals surface area (Å²) in [5.74, 6) is -0.379. The van der Waals surface area contributed by atoms with Crippen LogP contribution in [0.3, 0.4) is 0 Å². The maximum absolute atomic E-state index is 13.4. The Bertz CT molecular complexity index is 516. The van der Waals surface area contributed by atoms with Crippen molar-refractivity contribution in [2.75, 3.05) is 7.05 Å². The van der Waals surface area contributed by atoms with Gasteiger partial charge < -0.3 is 5.32 Å². The first kappa shape index (κ1) is 13.0. The summed E-state index contributed by atoms with van der Waals surface area (Å²) in [6.07, 6.45) is 4.24. The van der Waals surface area contributed by atoms with Crippen molar-refractivity contribution in [3.8, 4) is 0 Å². The van der Waals surface area contributed by atoms with Gasteiger partial charge >= 0.3 is 0 Å². The maximum atomic E-state index is 13.4. The van der Waals surface area contributed by atoms with Crippen LogP contribution in [0, 0.1) is 5.82 Å². The normalized spacial score (nSPS) is 12.4. The lowest BCUT2D eigenvalue weighted by atomic mass is 10.0. The Morgan fingerprint density at radius 2 is 2.22 bits per heavy atom. The fourth-order valence-electron chi connectivity index (χ4n) is 1.87. The molecule has 0 bridgehead atoms. The molecule has 1 unspecified atom stereocenters. The SMILES string of the molecule is CNC(Cc1ccc(Cl)c(F)c1)c1cccnc1. The molecular formula is C14H14ClFN2. The number of benzene rings is 1. The molecular weight excluding hydrogens is 251 g/mol. The highest BCUT2D eigenvalue weighted by molar-refractivity contribution is 6.30. The summed E-state index contributed by atoms with van der Waals surface area (Å²) >= 11 is 5.67. The molecule has 0 aliphatic rings. The number of rotatable bonds is 4. The van der Waals surface area contributed by atoms with Gasteiger partial charge in [-0.2, -0.15) is 0 Å². The van der Waals surface area contributed by atoms with E-state index >= 15 is 0 Å². The van der Waals surface area contributed by atoms with Crippen molar-refractivity contribution < 1.29 is 4.39 Å². The Morgan fingerprint density at radius 3 is 2.83 bits per heavy atom. The molecule has 18 heavy (non-hydrogen) atoms. The van der Waals surface area contributed by atoms with Crippen molar-refractivity contribution in [3.63, 3.8) is 0 Å². The molecule has 0 saturated heterocycles. The zero-order chi connectivity index (χ0) is 13.0. The molecule has 94 valence electrons. The summed E-state index contributed by atoms with van der Waals surface area (Å²) in [5.41, 5.74) is 1.98. The van der Waals surface area contributed by atoms with Crippen LogP contribution >= 0.6 is 11.6 Å². The summed E-state index contributed by atoms with van der Waals surface area (Å²) in [7, 11) is 1.88. The van der Waals surface area contributed by atoms with Crippen LogP contribution in [0.15, 0.2) is 42.7 Å². The highest BCUT2D eigenvalue weighted by Gasteiger charge is 2.11. The van der Waals surface area contributed by atoms with E-state index in [-0.39, 0.29) is 16.9 Å². The molecule has 1 aromatic carbocycles. The number of likely N-dealkylation sites (N-methyl/N-ethyl adjacent to an activating group) is 1. The van der Waals surface area contributed by atoms with Gasteiger partial charge in [-0.3, -0.25) is 4.98 Å². The molecule has 2 nitrogen and oxygen atoms in total. The van der Waals surface area contributed by atoms with Crippen LogP contribution in [0.25, 0.3) is 0 Å². The minimum Gasteiger partial charge on any atom is -0.313 e. The second kappa shape index (κ2) is 5.94. The lowest BCUT2D eigenvalue weighted by Crippen LogP contribution is -2.19. The predicted octanol–water partition coefficient (Wildman–Crippen LogP) is 3.38. The third-order valence-corrected chi connectivity index (χ3v) is 3.17. The number of pyridine rings is 1. The van der Waals surface area contributed by atoms with Crippen LogP contribution in [0.5, 0.6) is 0 Å². The van der Waals surface area contributed by atoms with E-state index in [1.165, 1.54) is 6.07 Å². The van der Waals surface area contributed by atoms with Gasteiger partial charge in [0.1, 0.15) is 5.82 Å². The van der Waals surface area contributed by atoms with Crippen LogP contribution < -0.4 is 5.32 Å². The summed E-state index contributed by atoms with van der Waals surface area (Å²) in [6.45, 7) is 0. The fraction of sp³-hybridized carbons (Fsp3) is 0.214. The number of nitrogens with zero attached hydrogens (tertiary/aromatic N) is 1. The molecule has 2 rings (SSSR count). The van der Waals surface area contributed by atoms with Crippen molar-refractivity contribution in [3.05, 3.63) is 64.7 Å². The first-order valence-electron chi connectivity index (χ1n) is 5.72. The smallest absolute Gasteiger partial charge is 0.142 e. The van der Waals surface area contributed by atoms with Crippen LogP contribution in [-0.4, -0.2) is 12.0 Å². The van der Waals surface area contributed by atoms with Gasteiger partial charge in [0.15, 0.2) is 0 Å². The van der Waals surface area contributed by atoms with Crippen molar-refractivity contribution in [1.29, 1.82) is 0 Å². The van der Waals surface area contributed by atoms with Gasteiger partial charge in [0, 0.05) is 18.4 Å². The monoisotopic (exact) mass is 264 g/mol. The molecule has 0 radical (unpaired) electrons. The van der Waals surface area contributed by atoms with E-state index < -0.39 is 0 Å². The zero-order valence-electron chi connectivity index (χ0n) is 10.0. The minimum absolute atomic E-state index is 0.110. The van der Waals surface area contributed by atoms with Crippen molar-refractivity contribution in [1.82, 2.24) is 10.3 Å². The number of aromatic nitrogens is 1. The first-order chi connectivity index (χ1) is 8.70. The largest absolute Gasteiger partial charge is 0.313 e. The highest BCUT2D eigenvalue weighted by Crippen LogP contribution is 2.21. The molecule has 1 N–H and O–H groups in total. The average molecular weight is 265 g/mol. The molecule has 4 heteroatoms. The fourth-order valence-corrected chi connectivity index (χ4v) is 1.99. The Kier molecular flexibility index (Phi) is 4.28. The molecule has 1 atom stereocenters. The van der Waals surface area contributed by atoms with E-state index in [0.717, 1.165) is 11.1 Å². The topological polar surface area (TPSA) is 24.9 Å². The second-order valence-electron chi connectivity index (χ2n) is 4.08. The molecule has 0 aliphatic heterocycles. The standard InChI is InChI=1S/C14H14ClFN2/c1-17-14(11-3-2-6-18-9-11)8-10-4-5-12(15)13(16)7-10/h2-7,9,14,17H,8H2,1H3. The molecule has 0 spiro atoms. The molecule has 2 aromatic rings. The van der Waals surface area contributed by atoms with Gasteiger partial charge in [-0.15, -0.1) is 0 Å². The Hall–Kier alpha value is -1.45. The Balaban J connectivity index is 2.18. The van der Waals surface area contributed by atoms with Gasteiger partial charge in [0.05, 0.1) is 5.02 Å². The van der Waals surface area contributed by atoms with Crippen molar-refractivity contribution in [2.24, 2.45) is 0 Å². The van der Waals surface area contributed by atoms with E-state index in [4.69, 9.17) is 11.6 Å². The number of nitrogens with one attached hydrogen (secondary N) is 1. The maximum Gasteiger partial charge on any atom is 0.142 e. The predicted molar refractivity (Wildman–Crippen MR) is 71.2 cm³/mol. The number of hydrogen-bond acceptors (Lipinski definition) is 2. The highest BCUT2D eigenvalue weighted by atomic mass is 35.5. The van der Waals surface area contributed by atoms with Crippen LogP contribution in [-0.2, 0) is 6.42 Å². The van der Waals surface area contributed by atoms with Gasteiger partial charge in [-0.25, -0.2) is 4.39 Å². The van der Waals surface area contributed by atoms with Crippen molar-refractivity contribution >= 4 is 11.6 Å². The van der Waals surface area contributed by atoms with Crippen LogP contribution in [0.4, 0.5) is 4.39 Å². The summed E-state index contributed by atoms with van der Waals surface area (Å²) in [4.78, 5) is 4.09. The van der Waals surface area contributed by atoms with Crippen LogP contribution in [0.2, 0.25) is 5.02 Å². The molecule has 0 amide bonds. The molecule has 0 fully saturated rings. The molecule has 1 heterocycles. The quantitative estimate of drug-likeness (QED) is 0.916. The van der Waals surface area contributed by atoms with E-state index in [0.29, 0.717) is 6.42 Å². The lowest BCUT2D eigenvalue weighted by Gasteiger charge is -2.16. The molecule has 0 aliphatic carbocycles. The Labute approximate surface area is 111 Å². The summed E-state index contributed by atoms with van der Waals surface area (Å²) in [6, 6.07) is 8.90. The molecule has 1 aromatic heterocycles. The van der Waals surface area contributed by atoms with Gasteiger partial charge in [-0.05, 0) is 42.8 Å². The summed E-state index contributed by atoms with van der Waals surface area (Å²) < 4.78 is 13.4. The zero-order valence-corrected chi connectivity index (χ0v) is 10.8. The van der Waals surface area contributed by atoms with Gasteiger partial charge in [-0.1, -0.05) is 23.7 Å². The van der Waals surface area contributed by atoms with E-state index in [9.17, 15) is 4.39 Å². The van der Waals surface area contributed by atoms with Crippen LogP contribution in [0.1, 0.15) is 17.2 Å². The second-order valence-corrected chi connectivity index (χ2v) is 4.49. The average Bonchev–Trinajstić information content (AvgIpc) is 2.41. The number of hydrogen-bond donors (Lipinski definition) is 1. The van der Waals surface area contributed by atoms with E-state index in [1.807, 2.05) is 31.4 Å². The Morgan fingerprint density at radius 1 is 1.39 bits per heavy atom. The van der Waals surface area contributed by atoms with Crippen molar-refractivity contribution in [2.45, 2.75) is 12.5 Å². The first-order valence-corrected chi connectivity index (χ1v) is 6.09. The third kappa shape index (κ3) is 3.06. The number of halogens is 2. The van der Waals surface area contributed by atoms with E-state index in [1.54, 1.807) is 12.3 Å². The summed E-state index contributed by atoms with van der Waals surface area (Å²) in [5, 5.41) is 3.36. The third-order valence-electron chi connectivity index (χ3n) is 2.86. The lowest BCUT2D eigenvalue weighted by molar-refractivity contribution is 0.582. The van der Waals surface area contributed by atoms with Gasteiger partial charge in [0.2, 0.25) is 0 Å².